The lowest BCUT2D eigenvalue weighted by atomic mass is 10.2. The van der Waals surface area contributed by atoms with Crippen molar-refractivity contribution >= 4 is 35.6 Å². The van der Waals surface area contributed by atoms with Crippen LogP contribution in [0.25, 0.3) is 0 Å². The minimum Gasteiger partial charge on any atom is -0.357 e. The first-order valence-corrected chi connectivity index (χ1v) is 7.58. The number of benzene rings is 2. The summed E-state index contributed by atoms with van der Waals surface area (Å²) in [5.41, 5.74) is 1.88. The number of halogens is 2. The molecule has 2 aromatic rings. The Morgan fingerprint density at radius 1 is 1.08 bits per heavy atom. The Hall–Kier alpha value is -2.23. The summed E-state index contributed by atoms with van der Waals surface area (Å²) < 4.78 is 12.9. The lowest BCUT2D eigenvalue weighted by molar-refractivity contribution is -0.384. The van der Waals surface area contributed by atoms with E-state index in [1.165, 1.54) is 24.3 Å². The summed E-state index contributed by atoms with van der Waals surface area (Å²) in [6.07, 6.45) is 0. The van der Waals surface area contributed by atoms with Crippen molar-refractivity contribution in [1.82, 2.24) is 10.6 Å². The van der Waals surface area contributed by atoms with Crippen LogP contribution in [-0.2, 0) is 13.1 Å². The van der Waals surface area contributed by atoms with Crippen molar-refractivity contribution in [2.45, 2.75) is 20.0 Å². The molecule has 0 bridgehead atoms. The summed E-state index contributed by atoms with van der Waals surface area (Å²) in [6, 6.07) is 12.5. The summed E-state index contributed by atoms with van der Waals surface area (Å²) >= 11 is 0. The maximum absolute atomic E-state index is 12.9. The second kappa shape index (κ2) is 10.6. The van der Waals surface area contributed by atoms with Gasteiger partial charge in [0.05, 0.1) is 11.5 Å². The second-order valence-electron chi connectivity index (χ2n) is 5.10. The molecule has 0 radical (unpaired) electrons. The molecule has 0 aliphatic carbocycles. The Balaban J connectivity index is 0.00000312. The van der Waals surface area contributed by atoms with Gasteiger partial charge in [-0.15, -0.1) is 24.0 Å². The lowest BCUT2D eigenvalue weighted by Gasteiger charge is -2.11. The first kappa shape index (κ1) is 20.8. The molecule has 0 aliphatic rings. The first-order chi connectivity index (χ1) is 11.6. The van der Waals surface area contributed by atoms with Gasteiger partial charge in [0.25, 0.3) is 5.69 Å². The van der Waals surface area contributed by atoms with Crippen LogP contribution in [0.2, 0.25) is 0 Å². The molecule has 2 rings (SSSR count). The van der Waals surface area contributed by atoms with E-state index in [0.717, 1.165) is 11.1 Å². The van der Waals surface area contributed by atoms with E-state index in [0.29, 0.717) is 25.6 Å². The highest BCUT2D eigenvalue weighted by Crippen LogP contribution is 2.11. The molecule has 0 aliphatic heterocycles. The normalized spacial score (nSPS) is 10.7. The van der Waals surface area contributed by atoms with Crippen LogP contribution >= 0.6 is 24.0 Å². The fourth-order valence-electron chi connectivity index (χ4n) is 2.02. The van der Waals surface area contributed by atoms with Gasteiger partial charge in [-0.05, 0) is 30.2 Å². The van der Waals surface area contributed by atoms with E-state index in [2.05, 4.69) is 15.6 Å². The summed E-state index contributed by atoms with van der Waals surface area (Å²) in [5.74, 6) is 0.353. The third-order valence-electron chi connectivity index (χ3n) is 3.28. The van der Waals surface area contributed by atoms with Crippen molar-refractivity contribution in [2.75, 3.05) is 6.54 Å². The number of rotatable bonds is 6. The van der Waals surface area contributed by atoms with Gasteiger partial charge in [0.15, 0.2) is 5.96 Å². The first-order valence-electron chi connectivity index (χ1n) is 7.58. The molecular formula is C17H20FIN4O2. The van der Waals surface area contributed by atoms with Gasteiger partial charge in [0.1, 0.15) is 5.82 Å². The molecule has 0 spiro atoms. The van der Waals surface area contributed by atoms with Crippen molar-refractivity contribution in [3.63, 3.8) is 0 Å². The molecule has 8 heteroatoms. The maximum atomic E-state index is 12.9. The van der Waals surface area contributed by atoms with E-state index in [1.807, 2.05) is 6.92 Å². The fraction of sp³-hybridized carbons (Fsp3) is 0.235. The van der Waals surface area contributed by atoms with Crippen LogP contribution in [0, 0.1) is 15.9 Å². The van der Waals surface area contributed by atoms with E-state index in [9.17, 15) is 14.5 Å². The Labute approximate surface area is 162 Å². The quantitative estimate of drug-likeness (QED) is 0.228. The number of aliphatic imine (C=N–C) groups is 1. The predicted molar refractivity (Wildman–Crippen MR) is 107 cm³/mol. The van der Waals surface area contributed by atoms with E-state index < -0.39 is 4.92 Å². The summed E-state index contributed by atoms with van der Waals surface area (Å²) in [6.45, 7) is 3.58. The van der Waals surface area contributed by atoms with Crippen molar-refractivity contribution in [3.8, 4) is 0 Å². The molecule has 0 atom stereocenters. The van der Waals surface area contributed by atoms with Gasteiger partial charge in [-0.1, -0.05) is 24.3 Å². The number of nitrogens with zero attached hydrogens (tertiary/aromatic N) is 2. The standard InChI is InChI=1S/C17H19FN4O2.HI/c1-2-19-17(20-11-13-3-7-15(18)8-4-13)21-12-14-5-9-16(10-6-14)22(23)24;/h3-10H,2,11-12H2,1H3,(H2,19,20,21);1H. The number of hydrogen-bond acceptors (Lipinski definition) is 3. The molecule has 0 heterocycles. The third kappa shape index (κ3) is 7.04. The van der Waals surface area contributed by atoms with Crippen molar-refractivity contribution < 1.29 is 9.31 Å². The number of hydrogen-bond donors (Lipinski definition) is 2. The van der Waals surface area contributed by atoms with Crippen LogP contribution in [0.4, 0.5) is 10.1 Å². The highest BCUT2D eigenvalue weighted by Gasteiger charge is 2.04. The molecule has 25 heavy (non-hydrogen) atoms. The topological polar surface area (TPSA) is 79.6 Å². The van der Waals surface area contributed by atoms with Gasteiger partial charge in [0, 0.05) is 25.2 Å². The minimum atomic E-state index is -0.425. The second-order valence-corrected chi connectivity index (χ2v) is 5.10. The SMILES string of the molecule is CCNC(=NCc1ccc(F)cc1)NCc1ccc([N+](=O)[O-])cc1.I. The average molecular weight is 458 g/mol. The van der Waals surface area contributed by atoms with Crippen molar-refractivity contribution in [3.05, 3.63) is 75.6 Å². The van der Waals surface area contributed by atoms with Crippen molar-refractivity contribution in [1.29, 1.82) is 0 Å². The number of nitro benzene ring substituents is 1. The van der Waals surface area contributed by atoms with Gasteiger partial charge < -0.3 is 10.6 Å². The van der Waals surface area contributed by atoms with Gasteiger partial charge in [-0.3, -0.25) is 10.1 Å². The van der Waals surface area contributed by atoms with Gasteiger partial charge >= 0.3 is 0 Å². The Morgan fingerprint density at radius 2 is 1.68 bits per heavy atom. The summed E-state index contributed by atoms with van der Waals surface area (Å²) in [7, 11) is 0. The Morgan fingerprint density at radius 3 is 2.24 bits per heavy atom. The number of nitro groups is 1. The van der Waals surface area contributed by atoms with E-state index in [1.54, 1.807) is 24.3 Å². The van der Waals surface area contributed by atoms with Crippen molar-refractivity contribution in [2.24, 2.45) is 4.99 Å². The smallest absolute Gasteiger partial charge is 0.269 e. The number of guanidine groups is 1. The largest absolute Gasteiger partial charge is 0.357 e. The molecule has 2 aromatic carbocycles. The van der Waals surface area contributed by atoms with Gasteiger partial charge in [0.2, 0.25) is 0 Å². The molecule has 0 aromatic heterocycles. The van der Waals surface area contributed by atoms with Gasteiger partial charge in [-0.2, -0.15) is 0 Å². The molecule has 0 saturated carbocycles. The maximum Gasteiger partial charge on any atom is 0.269 e. The molecule has 6 nitrogen and oxygen atoms in total. The van der Waals surface area contributed by atoms with Crippen LogP contribution in [0.15, 0.2) is 53.5 Å². The summed E-state index contributed by atoms with van der Waals surface area (Å²) in [5, 5.41) is 16.9. The minimum absolute atomic E-state index is 0. The van der Waals surface area contributed by atoms with Crippen LogP contribution in [0.1, 0.15) is 18.1 Å². The van der Waals surface area contributed by atoms with Crippen LogP contribution in [0.3, 0.4) is 0 Å². The zero-order valence-corrected chi connectivity index (χ0v) is 16.1. The predicted octanol–water partition coefficient (Wildman–Crippen LogP) is 3.61. The molecular weight excluding hydrogens is 438 g/mol. The van der Waals surface area contributed by atoms with Crippen LogP contribution in [0.5, 0.6) is 0 Å². The lowest BCUT2D eigenvalue weighted by Crippen LogP contribution is -2.36. The average Bonchev–Trinajstić information content (AvgIpc) is 2.59. The van der Waals surface area contributed by atoms with Gasteiger partial charge in [-0.25, -0.2) is 9.38 Å². The van der Waals surface area contributed by atoms with E-state index in [-0.39, 0.29) is 35.5 Å². The van der Waals surface area contributed by atoms with Crippen LogP contribution < -0.4 is 10.6 Å². The Kier molecular flexibility index (Phi) is 8.82. The number of non-ortho nitro benzene ring substituents is 1. The molecule has 134 valence electrons. The molecule has 0 fully saturated rings. The highest BCUT2D eigenvalue weighted by atomic mass is 127. The molecule has 0 amide bonds. The zero-order valence-electron chi connectivity index (χ0n) is 13.7. The molecule has 0 saturated heterocycles. The zero-order chi connectivity index (χ0) is 17.4. The fourth-order valence-corrected chi connectivity index (χ4v) is 2.02. The van der Waals surface area contributed by atoms with E-state index in [4.69, 9.17) is 0 Å². The molecule has 0 unspecified atom stereocenters. The Bertz CT molecular complexity index is 706. The highest BCUT2D eigenvalue weighted by molar-refractivity contribution is 14.0. The van der Waals surface area contributed by atoms with E-state index >= 15 is 0 Å². The summed E-state index contributed by atoms with van der Waals surface area (Å²) in [4.78, 5) is 14.7. The third-order valence-corrected chi connectivity index (χ3v) is 3.28. The molecule has 2 N–H and O–H groups in total. The number of nitrogens with one attached hydrogen (secondary N) is 2. The monoisotopic (exact) mass is 458 g/mol. The van der Waals surface area contributed by atoms with Crippen LogP contribution in [-0.4, -0.2) is 17.4 Å².